The summed E-state index contributed by atoms with van der Waals surface area (Å²) < 4.78 is 51.3. The molecule has 3 aliphatic rings. The molecule has 3 heterocycles. The molecule has 472 valence electrons. The topological polar surface area (TPSA) is 204 Å². The van der Waals surface area contributed by atoms with Gasteiger partial charge >= 0.3 is 247 Å². The summed E-state index contributed by atoms with van der Waals surface area (Å²) in [5.74, 6) is -3.49. The van der Waals surface area contributed by atoms with Gasteiger partial charge < -0.3 is 48.3 Å². The number of benzene rings is 3. The second kappa shape index (κ2) is 29.6. The molecular formula is C65H101BrN3O14P. The number of ether oxygens (including phenoxy) is 8. The molecule has 3 fully saturated rings. The van der Waals surface area contributed by atoms with E-state index in [0.717, 1.165) is 25.4 Å². The Labute approximate surface area is 509 Å². The number of nitrogens with one attached hydrogen (secondary N) is 1. The second-order valence-corrected chi connectivity index (χ2v) is 34.4. The molecular weight excluding hydrogens is 1160 g/mol. The van der Waals surface area contributed by atoms with Gasteiger partial charge in [0, 0.05) is 32.9 Å². The van der Waals surface area contributed by atoms with E-state index < -0.39 is 113 Å². The molecule has 18 atom stereocenters. The van der Waals surface area contributed by atoms with E-state index in [9.17, 15) is 24.9 Å². The Bertz CT molecular complexity index is 2450. The van der Waals surface area contributed by atoms with Gasteiger partial charge in [0.2, 0.25) is 0 Å². The molecule has 0 bridgehead atoms. The third-order valence-corrected chi connectivity index (χ3v) is 28.4. The molecule has 0 unspecified atom stereocenters. The van der Waals surface area contributed by atoms with Crippen LogP contribution in [0.25, 0.3) is 0 Å². The van der Waals surface area contributed by atoms with Crippen molar-refractivity contribution in [1.29, 1.82) is 0 Å². The van der Waals surface area contributed by atoms with Crippen molar-refractivity contribution in [2.75, 3.05) is 47.5 Å². The Hall–Kier alpha value is -3.62. The van der Waals surface area contributed by atoms with E-state index in [0.29, 0.717) is 25.9 Å². The van der Waals surface area contributed by atoms with Gasteiger partial charge in [0.1, 0.15) is 6.10 Å². The van der Waals surface area contributed by atoms with Crippen molar-refractivity contribution in [2.24, 2.45) is 17.8 Å². The zero-order valence-corrected chi connectivity index (χ0v) is 55.1. The van der Waals surface area contributed by atoms with E-state index in [-0.39, 0.29) is 37.3 Å². The predicted octanol–water partition coefficient (Wildman–Crippen LogP) is 8.61. The molecule has 0 radical (unpaired) electrons. The number of amides is 1. The summed E-state index contributed by atoms with van der Waals surface area (Å²) in [6.45, 7) is 19.8. The Kier molecular flexibility index (Phi) is 24.5. The van der Waals surface area contributed by atoms with Crippen LogP contribution in [-0.4, -0.2) is 181 Å². The zero-order chi connectivity index (χ0) is 62.0. The number of halogens is 1. The molecule has 84 heavy (non-hydrogen) atoms. The number of cyclic esters (lactones) is 1. The minimum atomic E-state index is -3.09. The van der Waals surface area contributed by atoms with Crippen molar-refractivity contribution in [3.63, 3.8) is 0 Å². The van der Waals surface area contributed by atoms with E-state index >= 15 is 4.79 Å². The molecule has 0 aromatic heterocycles. The van der Waals surface area contributed by atoms with E-state index in [4.69, 9.17) is 37.9 Å². The van der Waals surface area contributed by atoms with Crippen molar-refractivity contribution >= 4 is 54.7 Å². The summed E-state index contributed by atoms with van der Waals surface area (Å²) in [6, 6.07) is 31.3. The number of likely N-dealkylation sites (N-methyl/N-ethyl adjacent to an activating group) is 2. The predicted molar refractivity (Wildman–Crippen MR) is 333 cm³/mol. The number of unbranched alkanes of at least 4 members (excludes halogenated alkanes) is 3. The molecule has 17 nitrogen and oxygen atoms in total. The van der Waals surface area contributed by atoms with Gasteiger partial charge in [-0.25, -0.2) is 0 Å². The number of hydrogen-bond acceptors (Lipinski definition) is 16. The number of carbonyl (C=O) groups is 3. The third-order valence-electron chi connectivity index (χ3n) is 18.3. The number of nitrogens with zero attached hydrogens (tertiary/aromatic N) is 2. The van der Waals surface area contributed by atoms with Crippen LogP contribution in [0, 0.1) is 17.8 Å². The number of esters is 2. The monoisotopic (exact) mass is 1260 g/mol. The fraction of sp³-hybridized carbons (Fsp3) is 0.677. The maximum atomic E-state index is 15.0. The molecule has 19 heteroatoms. The van der Waals surface area contributed by atoms with Crippen LogP contribution in [-0.2, 0) is 47.5 Å². The number of aliphatic hydroxyl groups is 3. The first-order valence-electron chi connectivity index (χ1n) is 30.4. The zero-order valence-electron chi connectivity index (χ0n) is 52.7. The van der Waals surface area contributed by atoms with Gasteiger partial charge in [-0.1, -0.05) is 20.8 Å². The van der Waals surface area contributed by atoms with Gasteiger partial charge in [-0.05, 0) is 80.9 Å². The fourth-order valence-electron chi connectivity index (χ4n) is 13.5. The molecule has 3 aromatic carbocycles. The maximum absolute atomic E-state index is 15.0. The summed E-state index contributed by atoms with van der Waals surface area (Å²) in [5, 5.41) is 40.8. The standard InChI is InChI=1S/C65H101BrN3O14P/c1-16-53-65(11,75)59(83-62(73)67-36-28-17-18-29-37-84(66,49-30-22-19-23-31-49,50-32-24-20-25-33-50)51-34-26-21-27-35-51)46(6)69(14)41-42(2)39-63(9,74)58(82-61-56(79-48(8)70)52(68(12)13)38-43(3)77-61)44(4)55(45(5)60(72)80-53)81-54-40-64(10,76-15)57(71)47(7)78-54/h19-27,30-35,42-47,52-59,61,71,74-75H,16-18,28-29,36-41H2,1-15H3,(H,67,73)/t42-,43-,44+,45-,46-,47+,52+,53-,54+,55+,56-,57+,58-,59-,61+,63-,64-,65-/m1/s1. The molecule has 0 spiro atoms. The average molecular weight is 1260 g/mol. The van der Waals surface area contributed by atoms with Gasteiger partial charge in [-0.15, -0.1) is 0 Å². The van der Waals surface area contributed by atoms with Crippen LogP contribution in [0.3, 0.4) is 0 Å². The fourth-order valence-corrected chi connectivity index (χ4v) is 21.3. The van der Waals surface area contributed by atoms with Gasteiger partial charge in [-0.3, -0.25) is 9.59 Å². The number of rotatable bonds is 19. The molecule has 3 saturated heterocycles. The van der Waals surface area contributed by atoms with Crippen molar-refractivity contribution < 1.29 is 67.6 Å². The minimum absolute atomic E-state index is 0.0798. The molecule has 6 rings (SSSR count). The SMILES string of the molecule is CC[C@H]1OC(=O)[C@H](C)[C@@H](O[C@H]2C[C@@](C)(OC)[C@@H](O)[C@H](C)O2)[C@H](C)[C@@H](O[C@@H]2O[C@H](C)C[C@H](N(C)C)[C@H]2OC(C)=O)[C@](C)(O)C[C@@H](C)CN(C)[C@H](C)[C@@H](OC(=O)NCCCCCCP(Br)(c2ccccc2)(c2ccccc2)c2ccccc2)[C@]1(C)O. The summed E-state index contributed by atoms with van der Waals surface area (Å²) in [7, 11) is 7.17. The molecule has 1 amide bonds. The van der Waals surface area contributed by atoms with Crippen LogP contribution in [0.15, 0.2) is 91.0 Å². The summed E-state index contributed by atoms with van der Waals surface area (Å²) in [4.78, 5) is 45.8. The first-order chi connectivity index (χ1) is 39.5. The Morgan fingerprint density at radius 1 is 0.798 bits per heavy atom. The van der Waals surface area contributed by atoms with E-state index in [1.54, 1.807) is 34.6 Å². The van der Waals surface area contributed by atoms with Crippen LogP contribution in [0.5, 0.6) is 0 Å². The van der Waals surface area contributed by atoms with Crippen molar-refractivity contribution in [1.82, 2.24) is 15.1 Å². The normalized spacial score (nSPS) is 35.6. The Morgan fingerprint density at radius 3 is 1.88 bits per heavy atom. The first-order valence-corrected chi connectivity index (χ1v) is 34.8. The van der Waals surface area contributed by atoms with Crippen LogP contribution in [0.4, 0.5) is 4.79 Å². The number of carbonyl (C=O) groups excluding carboxylic acids is 3. The van der Waals surface area contributed by atoms with Crippen LogP contribution in [0.2, 0.25) is 0 Å². The van der Waals surface area contributed by atoms with Crippen LogP contribution >= 0.6 is 20.8 Å². The second-order valence-electron chi connectivity index (χ2n) is 25.4. The third kappa shape index (κ3) is 16.0. The van der Waals surface area contributed by atoms with E-state index in [1.165, 1.54) is 36.9 Å². The average Bonchev–Trinajstić information content (AvgIpc) is 0.804. The van der Waals surface area contributed by atoms with Crippen LogP contribution < -0.4 is 21.2 Å². The van der Waals surface area contributed by atoms with Crippen molar-refractivity contribution in [3.05, 3.63) is 91.0 Å². The Morgan fingerprint density at radius 2 is 1.36 bits per heavy atom. The van der Waals surface area contributed by atoms with E-state index in [1.807, 2.05) is 58.6 Å². The van der Waals surface area contributed by atoms with Gasteiger partial charge in [0.15, 0.2) is 18.7 Å². The molecule has 3 aliphatic heterocycles. The quantitative estimate of drug-likeness (QED) is 0.0384. The molecule has 4 N–H and O–H groups in total. The Balaban J connectivity index is 1.26. The summed E-state index contributed by atoms with van der Waals surface area (Å²) >= 11 is 4.56. The number of hydrogen-bond donors (Lipinski definition) is 4. The number of methoxy groups -OCH3 is 1. The molecule has 3 aromatic rings. The van der Waals surface area contributed by atoms with Crippen molar-refractivity contribution in [2.45, 2.75) is 218 Å². The molecule has 0 aliphatic carbocycles. The van der Waals surface area contributed by atoms with Gasteiger partial charge in [0.05, 0.1) is 47.6 Å². The van der Waals surface area contributed by atoms with E-state index in [2.05, 4.69) is 112 Å². The number of aliphatic hydroxyl groups excluding tert-OH is 1. The summed E-state index contributed by atoms with van der Waals surface area (Å²) in [6.07, 6.45) is -5.34. The van der Waals surface area contributed by atoms with Crippen LogP contribution in [0.1, 0.15) is 128 Å². The molecule has 0 saturated carbocycles. The van der Waals surface area contributed by atoms with Gasteiger partial charge in [0.25, 0.3) is 0 Å². The van der Waals surface area contributed by atoms with Crippen molar-refractivity contribution in [3.8, 4) is 0 Å². The summed E-state index contributed by atoms with van der Waals surface area (Å²) in [5.41, 5.74) is -4.70. The first kappa shape index (κ1) is 69.5. The number of alkyl carbamates (subject to hydrolysis) is 1. The van der Waals surface area contributed by atoms with Gasteiger partial charge in [-0.2, -0.15) is 0 Å².